The maximum Gasteiger partial charge on any atom is 0.451 e. The molecule has 0 saturated carbocycles. The number of carbonyl (C=O) groups excluding carboxylic acids is 1. The summed E-state index contributed by atoms with van der Waals surface area (Å²) in [7, 11) is 0. The van der Waals surface area contributed by atoms with E-state index in [4.69, 9.17) is 0 Å². The fourth-order valence-electron chi connectivity index (χ4n) is 2.16. The molecule has 0 atom stereocenters. The van der Waals surface area contributed by atoms with Crippen molar-refractivity contribution in [3.05, 3.63) is 41.5 Å². The van der Waals surface area contributed by atoms with Gasteiger partial charge in [0.2, 0.25) is 11.6 Å². The van der Waals surface area contributed by atoms with Crippen LogP contribution in [0.4, 0.5) is 26.3 Å². The van der Waals surface area contributed by atoms with Gasteiger partial charge in [-0.05, 0) is 29.5 Å². The Balaban J connectivity index is 2.06. The summed E-state index contributed by atoms with van der Waals surface area (Å²) in [6.07, 6.45) is -3.97. The number of benzene rings is 1. The van der Waals surface area contributed by atoms with Crippen molar-refractivity contribution in [2.24, 2.45) is 0 Å². The van der Waals surface area contributed by atoms with Crippen LogP contribution in [0, 0.1) is 0 Å². The zero-order valence-electron chi connectivity index (χ0n) is 10.8. The number of hydrogen-bond acceptors (Lipinski definition) is 4. The van der Waals surface area contributed by atoms with Crippen molar-refractivity contribution in [3.63, 3.8) is 0 Å². The molecule has 0 amide bonds. The first-order valence-electron chi connectivity index (χ1n) is 5.95. The molecule has 1 aliphatic rings. The number of rotatable bonds is 1. The summed E-state index contributed by atoms with van der Waals surface area (Å²) < 4.78 is 74.9. The van der Waals surface area contributed by atoms with Gasteiger partial charge in [-0.25, -0.2) is 9.97 Å². The normalized spacial score (nSPS) is 13.9. The molecule has 1 aliphatic carbocycles. The van der Waals surface area contributed by atoms with Gasteiger partial charge in [-0.1, -0.05) is 6.07 Å². The van der Waals surface area contributed by atoms with Gasteiger partial charge in [0.25, 0.3) is 0 Å². The molecule has 0 fully saturated rings. The van der Waals surface area contributed by atoms with Crippen LogP contribution in [-0.2, 0) is 6.18 Å². The van der Waals surface area contributed by atoms with Gasteiger partial charge in [0.15, 0.2) is 0 Å². The summed E-state index contributed by atoms with van der Waals surface area (Å²) in [6.45, 7) is 0. The Kier molecular flexibility index (Phi) is 3.40. The summed E-state index contributed by atoms with van der Waals surface area (Å²) in [5.74, 6) is -2.32. The van der Waals surface area contributed by atoms with Crippen molar-refractivity contribution in [1.29, 1.82) is 0 Å². The number of carbonyl (C=O) groups is 1. The molecule has 0 N–H and O–H groups in total. The van der Waals surface area contributed by atoms with Gasteiger partial charge in [0.05, 0.1) is 0 Å². The molecule has 0 radical (unpaired) electrons. The second kappa shape index (κ2) is 4.95. The predicted molar refractivity (Wildman–Crippen MR) is 67.8 cm³/mol. The molecule has 1 heterocycles. The van der Waals surface area contributed by atoms with Crippen LogP contribution in [0.5, 0.6) is 0 Å². The molecule has 23 heavy (non-hydrogen) atoms. The van der Waals surface area contributed by atoms with Crippen LogP contribution in [0.25, 0.3) is 11.1 Å². The highest BCUT2D eigenvalue weighted by Gasteiger charge is 2.38. The third-order valence-corrected chi connectivity index (χ3v) is 3.74. The third-order valence-electron chi connectivity index (χ3n) is 3.02. The van der Waals surface area contributed by atoms with E-state index >= 15 is 0 Å². The zero-order valence-corrected chi connectivity index (χ0v) is 11.6. The van der Waals surface area contributed by atoms with E-state index in [2.05, 4.69) is 9.97 Å². The number of alkyl halides is 6. The highest BCUT2D eigenvalue weighted by atomic mass is 32.2. The smallest absolute Gasteiger partial charge is 0.287 e. The molecule has 120 valence electrons. The first kappa shape index (κ1) is 15.8. The van der Waals surface area contributed by atoms with E-state index in [1.807, 2.05) is 0 Å². The Hall–Kier alpha value is -2.10. The Bertz CT molecular complexity index is 815. The van der Waals surface area contributed by atoms with Crippen molar-refractivity contribution >= 4 is 17.5 Å². The molecular weight excluding hydrogens is 346 g/mol. The van der Waals surface area contributed by atoms with Crippen molar-refractivity contribution < 1.29 is 31.1 Å². The van der Waals surface area contributed by atoms with Gasteiger partial charge in [0, 0.05) is 22.2 Å². The SMILES string of the molecule is O=C1c2cc(SC(F)(F)F)ccc2-c2cnc(C(F)(F)F)nc21. The van der Waals surface area contributed by atoms with Crippen molar-refractivity contribution in [2.75, 3.05) is 0 Å². The molecular formula is C13H4F6N2OS. The van der Waals surface area contributed by atoms with Crippen LogP contribution in [0.1, 0.15) is 21.9 Å². The van der Waals surface area contributed by atoms with Gasteiger partial charge in [0.1, 0.15) is 5.69 Å². The van der Waals surface area contributed by atoms with Crippen molar-refractivity contribution in [3.8, 4) is 11.1 Å². The number of fused-ring (bicyclic) bond motifs is 3. The van der Waals surface area contributed by atoms with Crippen LogP contribution in [0.15, 0.2) is 29.3 Å². The lowest BCUT2D eigenvalue weighted by Gasteiger charge is -2.07. The van der Waals surface area contributed by atoms with E-state index in [1.165, 1.54) is 6.07 Å². The van der Waals surface area contributed by atoms with Crippen LogP contribution in [-0.4, -0.2) is 21.3 Å². The molecule has 0 unspecified atom stereocenters. The minimum absolute atomic E-state index is 0.0709. The van der Waals surface area contributed by atoms with Crippen LogP contribution in [0.2, 0.25) is 0 Å². The quantitative estimate of drug-likeness (QED) is 0.484. The molecule has 0 aliphatic heterocycles. The molecule has 10 heteroatoms. The molecule has 3 rings (SSSR count). The maximum absolute atomic E-state index is 12.6. The summed E-state index contributed by atoms with van der Waals surface area (Å²) in [5.41, 5.74) is -4.84. The Morgan fingerprint density at radius 3 is 2.26 bits per heavy atom. The molecule has 0 spiro atoms. The van der Waals surface area contributed by atoms with Gasteiger partial charge >= 0.3 is 11.7 Å². The molecule has 3 nitrogen and oxygen atoms in total. The lowest BCUT2D eigenvalue weighted by molar-refractivity contribution is -0.145. The molecule has 0 bridgehead atoms. The number of hydrogen-bond donors (Lipinski definition) is 0. The number of ketones is 1. The van der Waals surface area contributed by atoms with Gasteiger partial charge in [-0.15, -0.1) is 0 Å². The summed E-state index contributed by atoms with van der Waals surface area (Å²) >= 11 is -0.413. The Labute approximate surface area is 128 Å². The highest BCUT2D eigenvalue weighted by molar-refractivity contribution is 8.00. The Morgan fingerprint density at radius 2 is 1.65 bits per heavy atom. The Morgan fingerprint density at radius 1 is 0.957 bits per heavy atom. The molecule has 0 saturated heterocycles. The number of nitrogens with zero attached hydrogens (tertiary/aromatic N) is 2. The second-order valence-corrected chi connectivity index (χ2v) is 5.68. The van der Waals surface area contributed by atoms with Crippen LogP contribution in [0.3, 0.4) is 0 Å². The average Bonchev–Trinajstić information content (AvgIpc) is 2.69. The summed E-state index contributed by atoms with van der Waals surface area (Å²) in [4.78, 5) is 18.3. The van der Waals surface area contributed by atoms with E-state index in [-0.39, 0.29) is 21.6 Å². The van der Waals surface area contributed by atoms with Gasteiger partial charge < -0.3 is 0 Å². The van der Waals surface area contributed by atoms with Crippen LogP contribution < -0.4 is 0 Å². The number of aromatic nitrogens is 2. The average molecular weight is 350 g/mol. The fraction of sp³-hybridized carbons (Fsp3) is 0.154. The van der Waals surface area contributed by atoms with E-state index < -0.39 is 40.7 Å². The lowest BCUT2D eigenvalue weighted by Crippen LogP contribution is -2.13. The molecule has 1 aromatic heterocycles. The van der Waals surface area contributed by atoms with E-state index in [0.29, 0.717) is 0 Å². The zero-order chi connectivity index (χ0) is 17.0. The topological polar surface area (TPSA) is 42.9 Å². The van der Waals surface area contributed by atoms with Crippen molar-refractivity contribution in [2.45, 2.75) is 16.6 Å². The highest BCUT2D eigenvalue weighted by Crippen LogP contribution is 2.42. The van der Waals surface area contributed by atoms with E-state index in [9.17, 15) is 31.1 Å². The minimum Gasteiger partial charge on any atom is -0.287 e. The van der Waals surface area contributed by atoms with Crippen molar-refractivity contribution in [1.82, 2.24) is 9.97 Å². The summed E-state index contributed by atoms with van der Waals surface area (Å²) in [6, 6.07) is 3.37. The van der Waals surface area contributed by atoms with E-state index in [0.717, 1.165) is 18.3 Å². The molecule has 2 aromatic rings. The number of halogens is 6. The first-order valence-corrected chi connectivity index (χ1v) is 6.77. The van der Waals surface area contributed by atoms with E-state index in [1.54, 1.807) is 0 Å². The standard InChI is InChI=1S/C13H4F6N2OS/c14-12(15,16)11-20-4-8-6-2-1-5(23-13(17,18)19)3-7(6)10(22)9(8)21-11/h1-4H. The largest absolute Gasteiger partial charge is 0.451 e. The number of thioether (sulfide) groups is 1. The minimum atomic E-state index is -4.82. The molecule has 1 aromatic carbocycles. The first-order chi connectivity index (χ1) is 10.6. The maximum atomic E-state index is 12.6. The summed E-state index contributed by atoms with van der Waals surface area (Å²) in [5, 5.41) is 0. The second-order valence-electron chi connectivity index (χ2n) is 4.54. The van der Waals surface area contributed by atoms with Gasteiger partial charge in [-0.2, -0.15) is 26.3 Å². The fourth-order valence-corrected chi connectivity index (χ4v) is 2.74. The van der Waals surface area contributed by atoms with Gasteiger partial charge in [-0.3, -0.25) is 4.79 Å². The predicted octanol–water partition coefficient (Wildman–Crippen LogP) is 4.32. The third kappa shape index (κ3) is 2.90. The monoisotopic (exact) mass is 350 g/mol. The van der Waals surface area contributed by atoms with Crippen LogP contribution >= 0.6 is 11.8 Å². The lowest BCUT2D eigenvalue weighted by atomic mass is 10.1.